The summed E-state index contributed by atoms with van der Waals surface area (Å²) in [5.41, 5.74) is 2.66. The molecule has 1 aromatic heterocycles. The lowest BCUT2D eigenvalue weighted by atomic mass is 9.90. The minimum Gasteiger partial charge on any atom is -0.396 e. The van der Waals surface area contributed by atoms with Crippen molar-refractivity contribution in [2.24, 2.45) is 0 Å². The number of nitrogens with zero attached hydrogens (tertiary/aromatic N) is 2. The fourth-order valence-corrected chi connectivity index (χ4v) is 4.16. The first-order valence-electron chi connectivity index (χ1n) is 9.96. The second kappa shape index (κ2) is 9.54. The lowest BCUT2D eigenvalue weighted by molar-refractivity contribution is 0.205. The quantitative estimate of drug-likeness (QED) is 0.640. The predicted octanol–water partition coefficient (Wildman–Crippen LogP) is 2.61. The molecule has 5 heteroatoms. The number of hydrogen-bond acceptors (Lipinski definition) is 4. The van der Waals surface area contributed by atoms with Gasteiger partial charge < -0.3 is 15.3 Å². The van der Waals surface area contributed by atoms with E-state index in [1.807, 2.05) is 0 Å². The number of unbranched alkanes of at least 4 members (excludes halogenated alkanes) is 3. The number of piperidine rings is 2. The van der Waals surface area contributed by atoms with Gasteiger partial charge >= 0.3 is 0 Å². The van der Waals surface area contributed by atoms with Gasteiger partial charge in [0.15, 0.2) is 0 Å². The normalized spacial score (nSPS) is 21.4. The molecule has 1 aromatic rings. The van der Waals surface area contributed by atoms with Crippen molar-refractivity contribution in [3.63, 3.8) is 0 Å². The molecule has 0 aromatic carbocycles. The van der Waals surface area contributed by atoms with Crippen LogP contribution in [0.3, 0.4) is 0 Å². The molecule has 2 aliphatic heterocycles. The summed E-state index contributed by atoms with van der Waals surface area (Å²) in [7, 11) is 0. The third kappa shape index (κ3) is 5.04. The van der Waals surface area contributed by atoms with E-state index in [-0.39, 0.29) is 0 Å². The van der Waals surface area contributed by atoms with Crippen molar-refractivity contribution in [1.29, 1.82) is 0 Å². The molecule has 3 heterocycles. The highest BCUT2D eigenvalue weighted by Crippen LogP contribution is 2.30. The van der Waals surface area contributed by atoms with E-state index in [9.17, 15) is 0 Å². The maximum Gasteiger partial charge on any atom is 0.0656 e. The highest BCUT2D eigenvalue weighted by atomic mass is 16.2. The van der Waals surface area contributed by atoms with Gasteiger partial charge in [0.1, 0.15) is 0 Å². The third-order valence-corrected chi connectivity index (χ3v) is 5.78. The van der Waals surface area contributed by atoms with Gasteiger partial charge in [-0.05, 0) is 77.3 Å². The van der Waals surface area contributed by atoms with E-state index in [4.69, 9.17) is 5.11 Å². The largest absolute Gasteiger partial charge is 0.396 e. The number of aromatic amines is 1. The Labute approximate surface area is 146 Å². The molecule has 0 unspecified atom stereocenters. The van der Waals surface area contributed by atoms with Crippen molar-refractivity contribution in [2.45, 2.75) is 63.2 Å². The number of nitrogens with one attached hydrogen (secondary N) is 2. The molecule has 2 saturated heterocycles. The van der Waals surface area contributed by atoms with Gasteiger partial charge in [-0.2, -0.15) is 5.10 Å². The van der Waals surface area contributed by atoms with E-state index in [2.05, 4.69) is 26.5 Å². The zero-order valence-corrected chi connectivity index (χ0v) is 15.0. The Morgan fingerprint density at radius 1 is 1.00 bits per heavy atom. The lowest BCUT2D eigenvalue weighted by Crippen LogP contribution is -2.33. The van der Waals surface area contributed by atoms with E-state index < -0.39 is 0 Å². The van der Waals surface area contributed by atoms with Gasteiger partial charge in [0.25, 0.3) is 0 Å². The number of H-pyrrole nitrogens is 1. The number of hydrogen-bond donors (Lipinski definition) is 3. The summed E-state index contributed by atoms with van der Waals surface area (Å²) in [6, 6.07) is 2.35. The lowest BCUT2D eigenvalue weighted by Gasteiger charge is -2.31. The molecule has 0 saturated carbocycles. The van der Waals surface area contributed by atoms with Gasteiger partial charge in [-0.15, -0.1) is 0 Å². The number of aliphatic hydroxyl groups excluding tert-OH is 1. The highest BCUT2D eigenvalue weighted by Gasteiger charge is 2.24. The summed E-state index contributed by atoms with van der Waals surface area (Å²) >= 11 is 0. The van der Waals surface area contributed by atoms with Crippen LogP contribution in [0.15, 0.2) is 6.07 Å². The van der Waals surface area contributed by atoms with Crippen LogP contribution in [-0.4, -0.2) is 59.5 Å². The van der Waals surface area contributed by atoms with E-state index >= 15 is 0 Å². The summed E-state index contributed by atoms with van der Waals surface area (Å²) < 4.78 is 0. The third-order valence-electron chi connectivity index (χ3n) is 5.78. The Bertz CT molecular complexity index is 462. The van der Waals surface area contributed by atoms with Crippen LogP contribution in [0.2, 0.25) is 0 Å². The average molecular weight is 335 g/mol. The van der Waals surface area contributed by atoms with Crippen molar-refractivity contribution in [3.8, 4) is 0 Å². The smallest absolute Gasteiger partial charge is 0.0656 e. The molecule has 5 nitrogen and oxygen atoms in total. The first-order chi connectivity index (χ1) is 11.9. The SMILES string of the molecule is OCCCCCCN1CCC(c2cc(C3CCNCC3)n[nH]2)CC1. The van der Waals surface area contributed by atoms with Crippen molar-refractivity contribution in [1.82, 2.24) is 20.4 Å². The second-order valence-electron chi connectivity index (χ2n) is 7.53. The van der Waals surface area contributed by atoms with Crippen LogP contribution in [0, 0.1) is 0 Å². The van der Waals surface area contributed by atoms with Crippen LogP contribution in [-0.2, 0) is 0 Å². The fraction of sp³-hybridized carbons (Fsp3) is 0.842. The Balaban J connectivity index is 1.39. The summed E-state index contributed by atoms with van der Waals surface area (Å²) in [6.45, 7) is 6.25. The minimum absolute atomic E-state index is 0.342. The maximum atomic E-state index is 8.81. The van der Waals surface area contributed by atoms with Crippen LogP contribution in [0.1, 0.15) is 74.6 Å². The monoisotopic (exact) mass is 334 g/mol. The van der Waals surface area contributed by atoms with Gasteiger partial charge in [0.2, 0.25) is 0 Å². The van der Waals surface area contributed by atoms with Crippen molar-refractivity contribution in [3.05, 3.63) is 17.5 Å². The molecule has 0 bridgehead atoms. The van der Waals surface area contributed by atoms with Crippen LogP contribution < -0.4 is 5.32 Å². The Kier molecular flexibility index (Phi) is 7.12. The zero-order chi connectivity index (χ0) is 16.6. The van der Waals surface area contributed by atoms with Crippen LogP contribution in [0.5, 0.6) is 0 Å². The van der Waals surface area contributed by atoms with Crippen molar-refractivity contribution >= 4 is 0 Å². The van der Waals surface area contributed by atoms with Gasteiger partial charge in [0.05, 0.1) is 5.69 Å². The summed E-state index contributed by atoms with van der Waals surface area (Å²) in [5.74, 6) is 1.31. The Morgan fingerprint density at radius 3 is 2.50 bits per heavy atom. The Morgan fingerprint density at radius 2 is 1.75 bits per heavy atom. The molecule has 2 fully saturated rings. The molecule has 0 radical (unpaired) electrons. The molecule has 2 aliphatic rings. The number of rotatable bonds is 8. The number of aromatic nitrogens is 2. The highest BCUT2D eigenvalue weighted by molar-refractivity contribution is 5.18. The molecule has 24 heavy (non-hydrogen) atoms. The topological polar surface area (TPSA) is 64.2 Å². The van der Waals surface area contributed by atoms with E-state index in [0.717, 1.165) is 19.5 Å². The van der Waals surface area contributed by atoms with Crippen molar-refractivity contribution in [2.75, 3.05) is 39.3 Å². The van der Waals surface area contributed by atoms with E-state index in [1.54, 1.807) is 0 Å². The van der Waals surface area contributed by atoms with Gasteiger partial charge in [-0.3, -0.25) is 5.10 Å². The van der Waals surface area contributed by atoms with Gasteiger partial charge in [-0.25, -0.2) is 0 Å². The van der Waals surface area contributed by atoms with Gasteiger partial charge in [0, 0.05) is 24.1 Å². The van der Waals surface area contributed by atoms with E-state index in [0.29, 0.717) is 18.4 Å². The zero-order valence-electron chi connectivity index (χ0n) is 15.0. The van der Waals surface area contributed by atoms with Crippen LogP contribution in [0.25, 0.3) is 0 Å². The first-order valence-corrected chi connectivity index (χ1v) is 9.96. The number of aliphatic hydroxyl groups is 1. The number of likely N-dealkylation sites (tertiary alicyclic amines) is 1. The first kappa shape index (κ1) is 17.9. The van der Waals surface area contributed by atoms with E-state index in [1.165, 1.54) is 76.0 Å². The molecule has 0 amide bonds. The predicted molar refractivity (Wildman–Crippen MR) is 97.4 cm³/mol. The molecule has 0 spiro atoms. The fourth-order valence-electron chi connectivity index (χ4n) is 4.16. The van der Waals surface area contributed by atoms with Crippen molar-refractivity contribution < 1.29 is 5.11 Å². The Hall–Kier alpha value is -0.910. The molecule has 0 aliphatic carbocycles. The minimum atomic E-state index is 0.342. The molecule has 136 valence electrons. The van der Waals surface area contributed by atoms with Crippen LogP contribution in [0.4, 0.5) is 0 Å². The molecular formula is C19H34N4O. The molecule has 3 N–H and O–H groups in total. The summed E-state index contributed by atoms with van der Waals surface area (Å²) in [5, 5.41) is 20.2. The second-order valence-corrected chi connectivity index (χ2v) is 7.53. The maximum absolute atomic E-state index is 8.81. The molecule has 0 atom stereocenters. The standard InChI is InChI=1S/C19H34N4O/c24-14-4-2-1-3-11-23-12-7-17(8-13-23)19-15-18(21-22-19)16-5-9-20-10-6-16/h15-17,20,24H,1-14H2,(H,21,22). The summed E-state index contributed by atoms with van der Waals surface area (Å²) in [4.78, 5) is 2.61. The molecular weight excluding hydrogens is 300 g/mol. The van der Waals surface area contributed by atoms with Crippen LogP contribution >= 0.6 is 0 Å². The average Bonchev–Trinajstić information content (AvgIpc) is 3.13. The molecule has 3 rings (SSSR count). The van der Waals surface area contributed by atoms with Gasteiger partial charge in [-0.1, -0.05) is 12.8 Å². The summed E-state index contributed by atoms with van der Waals surface area (Å²) in [6.07, 6.45) is 9.60.